The van der Waals surface area contributed by atoms with Crippen molar-refractivity contribution in [1.29, 1.82) is 0 Å². The Bertz CT molecular complexity index is 3780. The molecular formula is C59H36N2S. The van der Waals surface area contributed by atoms with Crippen LogP contribution in [0.15, 0.2) is 218 Å². The summed E-state index contributed by atoms with van der Waals surface area (Å²) in [5.74, 6) is 0. The smallest absolute Gasteiger partial charge is 0.0726 e. The zero-order chi connectivity index (χ0) is 40.5. The molecule has 0 radical (unpaired) electrons. The van der Waals surface area contributed by atoms with Gasteiger partial charge in [-0.25, -0.2) is 0 Å². The maximum Gasteiger partial charge on any atom is 0.0726 e. The molecule has 288 valence electrons. The van der Waals surface area contributed by atoms with E-state index in [0.29, 0.717) is 0 Å². The summed E-state index contributed by atoms with van der Waals surface area (Å²) in [5, 5.41) is 7.65. The number of thiophene rings is 1. The third-order valence-electron chi connectivity index (χ3n) is 13.8. The molecule has 0 fully saturated rings. The van der Waals surface area contributed by atoms with Crippen LogP contribution in [-0.2, 0) is 5.41 Å². The molecule has 62 heavy (non-hydrogen) atoms. The number of para-hydroxylation sites is 2. The fourth-order valence-electron chi connectivity index (χ4n) is 11.4. The van der Waals surface area contributed by atoms with Gasteiger partial charge in [0.15, 0.2) is 0 Å². The first-order chi connectivity index (χ1) is 30.8. The van der Waals surface area contributed by atoms with Gasteiger partial charge in [-0.05, 0) is 116 Å². The first-order valence-corrected chi connectivity index (χ1v) is 22.2. The Labute approximate surface area is 362 Å². The molecule has 3 heteroatoms. The third kappa shape index (κ3) is 4.42. The highest BCUT2D eigenvalue weighted by Gasteiger charge is 2.50. The number of benzene rings is 10. The molecule has 2 aliphatic rings. The molecule has 0 N–H and O–H groups in total. The van der Waals surface area contributed by atoms with Gasteiger partial charge in [0, 0.05) is 48.0 Å². The summed E-state index contributed by atoms with van der Waals surface area (Å²) in [7, 11) is 0. The Balaban J connectivity index is 1.11. The van der Waals surface area contributed by atoms with Crippen molar-refractivity contribution in [3.8, 4) is 27.9 Å². The second-order valence-electron chi connectivity index (χ2n) is 16.8. The Morgan fingerprint density at radius 2 is 0.968 bits per heavy atom. The molecule has 1 spiro atoms. The van der Waals surface area contributed by atoms with Crippen LogP contribution in [-0.4, -0.2) is 4.57 Å². The number of rotatable bonds is 4. The van der Waals surface area contributed by atoms with Crippen LogP contribution >= 0.6 is 11.3 Å². The maximum atomic E-state index is 2.54. The first-order valence-electron chi connectivity index (χ1n) is 21.4. The highest BCUT2D eigenvalue weighted by Crippen LogP contribution is 2.62. The van der Waals surface area contributed by atoms with Crippen LogP contribution in [0.25, 0.3) is 80.7 Å². The normalized spacial score (nSPS) is 13.3. The molecule has 0 amide bonds. The quantitative estimate of drug-likeness (QED) is 0.172. The fraction of sp³-hybridized carbons (Fsp3) is 0.0169. The van der Waals surface area contributed by atoms with Crippen LogP contribution in [0, 0.1) is 0 Å². The minimum Gasteiger partial charge on any atom is -0.310 e. The molecule has 2 aliphatic carbocycles. The van der Waals surface area contributed by atoms with Crippen molar-refractivity contribution in [3.63, 3.8) is 0 Å². The Kier molecular flexibility index (Phi) is 6.95. The average Bonchev–Trinajstić information content (AvgIpc) is 3.98. The summed E-state index contributed by atoms with van der Waals surface area (Å²) < 4.78 is 5.00. The van der Waals surface area contributed by atoms with Crippen molar-refractivity contribution < 1.29 is 0 Å². The summed E-state index contributed by atoms with van der Waals surface area (Å²) in [4.78, 5) is 2.54. The zero-order valence-corrected chi connectivity index (χ0v) is 34.4. The van der Waals surface area contributed by atoms with E-state index in [4.69, 9.17) is 0 Å². The molecule has 0 aliphatic heterocycles. The number of hydrogen-bond acceptors (Lipinski definition) is 2. The van der Waals surface area contributed by atoms with Crippen LogP contribution in [0.5, 0.6) is 0 Å². The van der Waals surface area contributed by atoms with Crippen molar-refractivity contribution >= 4 is 81.1 Å². The molecule has 2 aromatic heterocycles. The van der Waals surface area contributed by atoms with Gasteiger partial charge < -0.3 is 9.47 Å². The van der Waals surface area contributed by atoms with Crippen LogP contribution in [0.1, 0.15) is 22.3 Å². The van der Waals surface area contributed by atoms with E-state index in [1.807, 2.05) is 11.3 Å². The van der Waals surface area contributed by atoms with Gasteiger partial charge in [0.25, 0.3) is 0 Å². The van der Waals surface area contributed by atoms with E-state index in [0.717, 1.165) is 17.1 Å². The Hall–Kier alpha value is -7.72. The summed E-state index contributed by atoms with van der Waals surface area (Å²) in [5.41, 5.74) is 16.9. The van der Waals surface area contributed by atoms with E-state index < -0.39 is 5.41 Å². The summed E-state index contributed by atoms with van der Waals surface area (Å²) in [6.45, 7) is 0. The van der Waals surface area contributed by atoms with Crippen molar-refractivity contribution in [3.05, 3.63) is 241 Å². The molecule has 2 heterocycles. The van der Waals surface area contributed by atoms with Crippen LogP contribution < -0.4 is 4.90 Å². The van der Waals surface area contributed by atoms with Crippen LogP contribution in [0.3, 0.4) is 0 Å². The molecule has 0 atom stereocenters. The van der Waals surface area contributed by atoms with Gasteiger partial charge in [0.2, 0.25) is 0 Å². The Morgan fingerprint density at radius 1 is 0.371 bits per heavy atom. The summed E-state index contributed by atoms with van der Waals surface area (Å²) >= 11 is 1.87. The Morgan fingerprint density at radius 3 is 1.81 bits per heavy atom. The molecular weight excluding hydrogens is 769 g/mol. The molecule has 0 saturated carbocycles. The van der Waals surface area contributed by atoms with E-state index in [1.165, 1.54) is 103 Å². The van der Waals surface area contributed by atoms with Gasteiger partial charge in [-0.1, -0.05) is 158 Å². The van der Waals surface area contributed by atoms with Gasteiger partial charge >= 0.3 is 0 Å². The van der Waals surface area contributed by atoms with Gasteiger partial charge in [-0.2, -0.15) is 0 Å². The van der Waals surface area contributed by atoms with E-state index in [1.54, 1.807) is 0 Å². The molecule has 0 saturated heterocycles. The van der Waals surface area contributed by atoms with Gasteiger partial charge in [-0.3, -0.25) is 0 Å². The molecule has 0 unspecified atom stereocenters. The molecule has 14 rings (SSSR count). The number of anilines is 3. The average molecular weight is 805 g/mol. The van der Waals surface area contributed by atoms with Gasteiger partial charge in [-0.15, -0.1) is 11.3 Å². The second-order valence-corrected chi connectivity index (χ2v) is 17.8. The first kappa shape index (κ1) is 34.0. The number of aromatic nitrogens is 1. The van der Waals surface area contributed by atoms with Crippen molar-refractivity contribution in [2.75, 3.05) is 4.90 Å². The molecule has 10 aromatic carbocycles. The lowest BCUT2D eigenvalue weighted by molar-refractivity contribution is 0.773. The summed E-state index contributed by atoms with van der Waals surface area (Å²) in [6.07, 6.45) is 0. The highest BCUT2D eigenvalue weighted by atomic mass is 32.1. The van der Waals surface area contributed by atoms with E-state index in [-0.39, 0.29) is 0 Å². The predicted octanol–water partition coefficient (Wildman–Crippen LogP) is 16.1. The third-order valence-corrected chi connectivity index (χ3v) is 14.9. The molecule has 0 bridgehead atoms. The lowest BCUT2D eigenvalue weighted by Gasteiger charge is -2.41. The van der Waals surface area contributed by atoms with Crippen molar-refractivity contribution in [2.45, 2.75) is 5.41 Å². The van der Waals surface area contributed by atoms with Crippen LogP contribution in [0.4, 0.5) is 17.1 Å². The minimum absolute atomic E-state index is 0.525. The zero-order valence-electron chi connectivity index (χ0n) is 33.6. The number of fused-ring (bicyclic) bond motifs is 15. The standard InChI is InChI=1S/C59H36N2S/c1-2-17-38(18-3-1)61-52-27-10-6-21-44(52)45-34-32-40(36-54(45)61)60(53-28-14-30-56-58(53)47-22-7-11-29-55(47)62-56)39-31-33-43-46-23-12-15-37-16-13-26-50(57(37)46)59(51(43)35-39)48-24-8-4-19-41(48)42-20-5-9-25-49(42)59/h1-36H. The lowest BCUT2D eigenvalue weighted by atomic mass is 9.61. The van der Waals surface area contributed by atoms with Crippen molar-refractivity contribution in [2.24, 2.45) is 0 Å². The number of nitrogens with zero attached hydrogens (tertiary/aromatic N) is 2. The number of hydrogen-bond donors (Lipinski definition) is 0. The van der Waals surface area contributed by atoms with E-state index in [2.05, 4.69) is 228 Å². The maximum absolute atomic E-state index is 2.54. The SMILES string of the molecule is c1ccc(-n2c3ccccc3c3ccc(N(c4ccc5c(c4)C4(c6ccccc6-c6ccccc64)c4cccc6cccc-5c46)c4cccc5sc6ccccc6c45)cc32)cc1. The fourth-order valence-corrected chi connectivity index (χ4v) is 12.5. The van der Waals surface area contributed by atoms with Crippen molar-refractivity contribution in [1.82, 2.24) is 4.57 Å². The molecule has 2 nitrogen and oxygen atoms in total. The van der Waals surface area contributed by atoms with Gasteiger partial charge in [0.05, 0.1) is 22.1 Å². The van der Waals surface area contributed by atoms with Crippen LogP contribution in [0.2, 0.25) is 0 Å². The molecule has 12 aromatic rings. The largest absolute Gasteiger partial charge is 0.310 e. The predicted molar refractivity (Wildman–Crippen MR) is 262 cm³/mol. The lowest BCUT2D eigenvalue weighted by Crippen LogP contribution is -2.32. The van der Waals surface area contributed by atoms with Gasteiger partial charge in [0.1, 0.15) is 0 Å². The second kappa shape index (κ2) is 12.7. The summed E-state index contributed by atoms with van der Waals surface area (Å²) in [6, 6.07) is 81.8. The minimum atomic E-state index is -0.525. The monoisotopic (exact) mass is 804 g/mol. The van der Waals surface area contributed by atoms with E-state index >= 15 is 0 Å². The van der Waals surface area contributed by atoms with E-state index in [9.17, 15) is 0 Å². The topological polar surface area (TPSA) is 8.17 Å². The highest BCUT2D eigenvalue weighted by molar-refractivity contribution is 7.26.